The van der Waals surface area contributed by atoms with Gasteiger partial charge in [-0.1, -0.05) is 18.2 Å². The van der Waals surface area contributed by atoms with Crippen molar-refractivity contribution in [2.24, 2.45) is 0 Å². The van der Waals surface area contributed by atoms with Gasteiger partial charge in [0.2, 0.25) is 0 Å². The van der Waals surface area contributed by atoms with E-state index in [0.29, 0.717) is 22.8 Å². The number of aromatic amines is 1. The number of hydrogen-bond acceptors (Lipinski definition) is 3. The van der Waals surface area contributed by atoms with Gasteiger partial charge in [0.1, 0.15) is 11.4 Å². The van der Waals surface area contributed by atoms with Crippen LogP contribution in [0, 0.1) is 0 Å². The minimum atomic E-state index is -0.341. The van der Waals surface area contributed by atoms with Crippen molar-refractivity contribution in [3.05, 3.63) is 84.6 Å². The molecule has 4 aromatic rings. The highest BCUT2D eigenvalue weighted by Crippen LogP contribution is 2.22. The highest BCUT2D eigenvalue weighted by molar-refractivity contribution is 6.06. The summed E-state index contributed by atoms with van der Waals surface area (Å²) in [4.78, 5) is 27.7. The number of benzene rings is 3. The summed E-state index contributed by atoms with van der Waals surface area (Å²) in [7, 11) is 1.60. The van der Waals surface area contributed by atoms with Gasteiger partial charge >= 0.3 is 6.03 Å². The fraction of sp³-hybridized carbons (Fsp3) is 0.0435. The smallest absolute Gasteiger partial charge is 0.323 e. The molecule has 150 valence electrons. The van der Waals surface area contributed by atoms with Crippen molar-refractivity contribution in [1.82, 2.24) is 4.98 Å². The summed E-state index contributed by atoms with van der Waals surface area (Å²) in [5.41, 5.74) is 3.20. The number of urea groups is 1. The summed E-state index contributed by atoms with van der Waals surface area (Å²) in [6.07, 6.45) is 0. The summed E-state index contributed by atoms with van der Waals surface area (Å²) in [6, 6.07) is 23.1. The Morgan fingerprint density at radius 3 is 2.07 bits per heavy atom. The molecule has 0 aliphatic carbocycles. The lowest BCUT2D eigenvalue weighted by Crippen LogP contribution is -2.19. The number of ether oxygens (including phenoxy) is 1. The van der Waals surface area contributed by atoms with Crippen molar-refractivity contribution in [3.63, 3.8) is 0 Å². The molecule has 30 heavy (non-hydrogen) atoms. The van der Waals surface area contributed by atoms with Crippen LogP contribution in [0.1, 0.15) is 10.5 Å². The van der Waals surface area contributed by atoms with E-state index in [2.05, 4.69) is 20.9 Å². The molecule has 0 bridgehead atoms. The normalized spacial score (nSPS) is 10.4. The molecule has 0 aliphatic heterocycles. The molecule has 0 unspecified atom stereocenters. The van der Waals surface area contributed by atoms with Crippen molar-refractivity contribution in [2.45, 2.75) is 0 Å². The Bertz CT molecular complexity index is 1180. The first-order chi connectivity index (χ1) is 14.6. The lowest BCUT2D eigenvalue weighted by Gasteiger charge is -2.09. The number of H-pyrrole nitrogens is 1. The number of para-hydroxylation sites is 1. The number of fused-ring (bicyclic) bond motifs is 1. The fourth-order valence-corrected chi connectivity index (χ4v) is 3.01. The van der Waals surface area contributed by atoms with Crippen molar-refractivity contribution < 1.29 is 14.3 Å². The number of aromatic nitrogens is 1. The van der Waals surface area contributed by atoms with E-state index >= 15 is 0 Å². The second-order valence-electron chi connectivity index (χ2n) is 6.61. The van der Waals surface area contributed by atoms with Gasteiger partial charge in [-0.3, -0.25) is 4.79 Å². The van der Waals surface area contributed by atoms with E-state index in [1.807, 2.05) is 36.4 Å². The van der Waals surface area contributed by atoms with Gasteiger partial charge in [-0.15, -0.1) is 0 Å². The van der Waals surface area contributed by atoms with E-state index < -0.39 is 0 Å². The van der Waals surface area contributed by atoms with Crippen LogP contribution >= 0.6 is 0 Å². The molecule has 0 aliphatic rings. The van der Waals surface area contributed by atoms with Gasteiger partial charge in [-0.05, 0) is 54.6 Å². The fourth-order valence-electron chi connectivity index (χ4n) is 3.01. The molecule has 0 spiro atoms. The second-order valence-corrected chi connectivity index (χ2v) is 6.61. The second kappa shape index (κ2) is 8.40. The summed E-state index contributed by atoms with van der Waals surface area (Å²) < 4.78 is 5.20. The number of rotatable bonds is 5. The van der Waals surface area contributed by atoms with Gasteiger partial charge in [0.25, 0.3) is 5.91 Å². The van der Waals surface area contributed by atoms with E-state index in [-0.39, 0.29) is 11.9 Å². The predicted octanol–water partition coefficient (Wildman–Crippen LogP) is 5.07. The Morgan fingerprint density at radius 1 is 0.767 bits per heavy atom. The molecule has 4 N–H and O–H groups in total. The van der Waals surface area contributed by atoms with E-state index in [4.69, 9.17) is 4.74 Å². The van der Waals surface area contributed by atoms with Crippen molar-refractivity contribution in [1.29, 1.82) is 0 Å². The first kappa shape index (κ1) is 19.1. The van der Waals surface area contributed by atoms with Crippen LogP contribution in [0.4, 0.5) is 21.9 Å². The molecule has 3 aromatic carbocycles. The molecule has 0 saturated heterocycles. The topological polar surface area (TPSA) is 95.2 Å². The molecule has 3 amide bonds. The summed E-state index contributed by atoms with van der Waals surface area (Å²) in [5, 5.41) is 9.26. The third-order valence-corrected chi connectivity index (χ3v) is 4.51. The van der Waals surface area contributed by atoms with Crippen LogP contribution < -0.4 is 20.7 Å². The maximum Gasteiger partial charge on any atom is 0.323 e. The number of anilines is 3. The number of methoxy groups -OCH3 is 1. The molecule has 4 rings (SSSR count). The maximum absolute atomic E-state index is 12.6. The molecule has 0 fully saturated rings. The maximum atomic E-state index is 12.6. The Labute approximate surface area is 173 Å². The van der Waals surface area contributed by atoms with Gasteiger partial charge in [0, 0.05) is 34.0 Å². The van der Waals surface area contributed by atoms with Crippen LogP contribution in [-0.2, 0) is 0 Å². The number of hydrogen-bond donors (Lipinski definition) is 4. The zero-order valence-corrected chi connectivity index (χ0v) is 16.2. The Balaban J connectivity index is 1.38. The first-order valence-electron chi connectivity index (χ1n) is 9.32. The third-order valence-electron chi connectivity index (χ3n) is 4.51. The number of carbonyl (C=O) groups is 2. The molecular formula is C23H20N4O3. The monoisotopic (exact) mass is 400 g/mol. The van der Waals surface area contributed by atoms with Crippen molar-refractivity contribution in [2.75, 3.05) is 23.1 Å². The van der Waals surface area contributed by atoms with Gasteiger partial charge in [0.05, 0.1) is 7.11 Å². The lowest BCUT2D eigenvalue weighted by atomic mass is 10.2. The third kappa shape index (κ3) is 4.41. The molecule has 0 atom stereocenters. The molecule has 7 heteroatoms. The van der Waals surface area contributed by atoms with Crippen molar-refractivity contribution in [3.8, 4) is 5.75 Å². The van der Waals surface area contributed by atoms with Crippen LogP contribution in [0.25, 0.3) is 10.9 Å². The zero-order chi connectivity index (χ0) is 20.9. The minimum absolute atomic E-state index is 0.257. The van der Waals surface area contributed by atoms with Crippen LogP contribution in [0.2, 0.25) is 0 Å². The largest absolute Gasteiger partial charge is 0.497 e. The standard InChI is InChI=1S/C23H20N4O3/c1-30-19-12-7-15-13-21(27-20(15)14-19)22(28)24-17-8-10-18(11-9-17)26-23(29)25-16-5-3-2-4-6-16/h2-14,27H,1H3,(H,24,28)(H2,25,26,29). The lowest BCUT2D eigenvalue weighted by molar-refractivity contribution is 0.102. The van der Waals surface area contributed by atoms with Crippen molar-refractivity contribution >= 4 is 39.9 Å². The molecular weight excluding hydrogens is 380 g/mol. The minimum Gasteiger partial charge on any atom is -0.497 e. The zero-order valence-electron chi connectivity index (χ0n) is 16.2. The average molecular weight is 400 g/mol. The van der Waals surface area contributed by atoms with Crippen LogP contribution in [0.15, 0.2) is 78.9 Å². The van der Waals surface area contributed by atoms with Crippen LogP contribution in [0.3, 0.4) is 0 Å². The summed E-state index contributed by atoms with van der Waals surface area (Å²) in [6.45, 7) is 0. The quantitative estimate of drug-likeness (QED) is 0.376. The molecule has 1 aromatic heterocycles. The Kier molecular flexibility index (Phi) is 5.34. The highest BCUT2D eigenvalue weighted by Gasteiger charge is 2.11. The number of amides is 3. The predicted molar refractivity (Wildman–Crippen MR) is 118 cm³/mol. The van der Waals surface area contributed by atoms with E-state index in [1.54, 1.807) is 49.6 Å². The van der Waals surface area contributed by atoms with Gasteiger partial charge in [-0.2, -0.15) is 0 Å². The summed E-state index contributed by atoms with van der Waals surface area (Å²) >= 11 is 0. The van der Waals surface area contributed by atoms with Gasteiger partial charge < -0.3 is 25.7 Å². The highest BCUT2D eigenvalue weighted by atomic mass is 16.5. The van der Waals surface area contributed by atoms with Gasteiger partial charge in [-0.25, -0.2) is 4.79 Å². The SMILES string of the molecule is COc1ccc2cc(C(=O)Nc3ccc(NC(=O)Nc4ccccc4)cc3)[nH]c2c1. The molecule has 0 radical (unpaired) electrons. The molecule has 1 heterocycles. The number of carbonyl (C=O) groups excluding carboxylic acids is 2. The molecule has 7 nitrogen and oxygen atoms in total. The van der Waals surface area contributed by atoms with Crippen LogP contribution in [0.5, 0.6) is 5.75 Å². The van der Waals surface area contributed by atoms with E-state index in [1.165, 1.54) is 0 Å². The van der Waals surface area contributed by atoms with E-state index in [9.17, 15) is 9.59 Å². The first-order valence-corrected chi connectivity index (χ1v) is 9.32. The van der Waals surface area contributed by atoms with Crippen LogP contribution in [-0.4, -0.2) is 24.0 Å². The van der Waals surface area contributed by atoms with Gasteiger partial charge in [0.15, 0.2) is 0 Å². The summed E-state index contributed by atoms with van der Waals surface area (Å²) in [5.74, 6) is 0.461. The average Bonchev–Trinajstić information content (AvgIpc) is 3.19. The molecule has 0 saturated carbocycles. The Morgan fingerprint density at radius 2 is 1.40 bits per heavy atom. The van der Waals surface area contributed by atoms with E-state index in [0.717, 1.165) is 16.7 Å². The Hall–Kier alpha value is -4.26. The number of nitrogens with one attached hydrogen (secondary N) is 4.